The quantitative estimate of drug-likeness (QED) is 0.227. The summed E-state index contributed by atoms with van der Waals surface area (Å²) < 4.78 is 48.9. The number of aromatic nitrogens is 4. The van der Waals surface area contributed by atoms with Gasteiger partial charge >= 0.3 is 0 Å². The molecule has 1 N–H and O–H groups in total. The molecule has 3 aromatic heterocycles. The van der Waals surface area contributed by atoms with E-state index in [1.54, 1.807) is 60.0 Å². The molecule has 0 bridgehead atoms. The number of benzene rings is 1. The van der Waals surface area contributed by atoms with Gasteiger partial charge in [-0.25, -0.2) is 12.7 Å². The fourth-order valence-corrected chi connectivity index (χ4v) is 6.96. The second-order valence-electron chi connectivity index (χ2n) is 10.9. The van der Waals surface area contributed by atoms with Crippen molar-refractivity contribution >= 4 is 24.0 Å². The third-order valence-corrected chi connectivity index (χ3v) is 10.6. The highest BCUT2D eigenvalue weighted by atomic mass is 32.2. The van der Waals surface area contributed by atoms with E-state index < -0.39 is 29.5 Å². The molecule has 0 saturated heterocycles. The number of hydrogen-bond acceptors (Lipinski definition) is 9. The van der Waals surface area contributed by atoms with Crippen LogP contribution in [0.1, 0.15) is 24.5 Å². The molecule has 2 atom stereocenters. The number of furan rings is 1. The number of ether oxygens (including phenoxy) is 2. The Morgan fingerprint density at radius 3 is 2.24 bits per heavy atom. The van der Waals surface area contributed by atoms with Crippen LogP contribution in [0.25, 0.3) is 17.3 Å². The lowest BCUT2D eigenvalue weighted by Gasteiger charge is -2.31. The molecule has 0 unspecified atom stereocenters. The highest BCUT2D eigenvalue weighted by molar-refractivity contribution is 7.93. The third kappa shape index (κ3) is 6.31. The summed E-state index contributed by atoms with van der Waals surface area (Å²) in [6.07, 6.45) is 0.142. The van der Waals surface area contributed by atoms with Crippen molar-refractivity contribution in [2.45, 2.75) is 50.9 Å². The average molecular weight is 600 g/mol. The van der Waals surface area contributed by atoms with Gasteiger partial charge in [0.05, 0.1) is 19.9 Å². The second kappa shape index (κ2) is 12.0. The summed E-state index contributed by atoms with van der Waals surface area (Å²) in [6, 6.07) is 14.4. The molecule has 0 fully saturated rings. The zero-order chi connectivity index (χ0) is 29.9. The van der Waals surface area contributed by atoms with Gasteiger partial charge in [-0.2, -0.15) is 0 Å². The van der Waals surface area contributed by atoms with Crippen LogP contribution in [0.5, 0.6) is 11.5 Å². The van der Waals surface area contributed by atoms with Gasteiger partial charge in [0.25, 0.3) is 0 Å². The smallest absolute Gasteiger partial charge is 0.246 e. The maximum atomic E-state index is 14.4. The van der Waals surface area contributed by atoms with Crippen molar-refractivity contribution in [2.75, 3.05) is 25.1 Å². The second-order valence-corrected chi connectivity index (χ2v) is 18.7. The number of sulfonamides is 1. The van der Waals surface area contributed by atoms with Crippen molar-refractivity contribution in [1.82, 2.24) is 19.7 Å². The molecule has 41 heavy (non-hydrogen) atoms. The van der Waals surface area contributed by atoms with E-state index in [2.05, 4.69) is 34.8 Å². The zero-order valence-electron chi connectivity index (χ0n) is 24.4. The lowest BCUT2D eigenvalue weighted by atomic mass is 10.2. The third-order valence-electron chi connectivity index (χ3n) is 6.73. The molecule has 0 aliphatic heterocycles. The molecular weight excluding hydrogens is 562 g/mol. The molecule has 220 valence electrons. The van der Waals surface area contributed by atoms with Gasteiger partial charge in [0.15, 0.2) is 5.76 Å². The molecule has 11 nitrogen and oxygen atoms in total. The molecular formula is C28H37N5O6SSi. The van der Waals surface area contributed by atoms with Gasteiger partial charge in [-0.3, -0.25) is 9.55 Å². The molecule has 0 aliphatic carbocycles. The molecule has 0 amide bonds. The maximum absolute atomic E-state index is 14.4. The van der Waals surface area contributed by atoms with Crippen molar-refractivity contribution in [3.63, 3.8) is 0 Å². The number of aryl methyl sites for hydroxylation is 1. The average Bonchev–Trinajstić information content (AvgIpc) is 3.57. The molecule has 0 spiro atoms. The highest BCUT2D eigenvalue weighted by Gasteiger charge is 2.39. The van der Waals surface area contributed by atoms with Crippen LogP contribution in [0.15, 0.2) is 59.1 Å². The topological polar surface area (TPSA) is 133 Å². The minimum atomic E-state index is -4.23. The van der Waals surface area contributed by atoms with E-state index in [1.807, 2.05) is 0 Å². The Labute approximate surface area is 241 Å². The van der Waals surface area contributed by atoms with E-state index in [0.29, 0.717) is 34.8 Å². The van der Waals surface area contributed by atoms with Gasteiger partial charge in [-0.15, -0.1) is 10.2 Å². The monoisotopic (exact) mass is 599 g/mol. The van der Waals surface area contributed by atoms with E-state index in [0.717, 1.165) is 0 Å². The standard InChI is InChI=1S/C28H37N5O6SSi/c1-19-14-15-24(39-19)27-30-31-28(33(27)25-22(37-3)12-10-13-23(25)38-4)32(17-18-41(5,6)7)40(35,36)20(2)26(34)21-11-8-9-16-29-21/h8-16,20,26,34H,17-18H2,1-7H3/t20-,26+/m1/s1. The van der Waals surface area contributed by atoms with E-state index in [-0.39, 0.29) is 24.0 Å². The van der Waals surface area contributed by atoms with Gasteiger partial charge in [-0.1, -0.05) is 31.8 Å². The van der Waals surface area contributed by atoms with Crippen LogP contribution in [-0.4, -0.2) is 67.4 Å². The number of aliphatic hydroxyl groups is 1. The number of methoxy groups -OCH3 is 2. The number of rotatable bonds is 12. The molecule has 13 heteroatoms. The van der Waals surface area contributed by atoms with E-state index in [9.17, 15) is 13.5 Å². The minimum Gasteiger partial charge on any atom is -0.494 e. The first kappa shape index (κ1) is 30.3. The summed E-state index contributed by atoms with van der Waals surface area (Å²) in [5.74, 6) is 2.16. The van der Waals surface area contributed by atoms with Crippen molar-refractivity contribution < 1.29 is 27.4 Å². The van der Waals surface area contributed by atoms with Crippen LogP contribution in [-0.2, 0) is 10.0 Å². The molecule has 1 aromatic carbocycles. The molecule has 0 saturated carbocycles. The summed E-state index contributed by atoms with van der Waals surface area (Å²) in [5, 5.41) is 18.7. The molecule has 4 aromatic rings. The van der Waals surface area contributed by atoms with Gasteiger partial charge in [0, 0.05) is 20.8 Å². The number of nitrogens with zero attached hydrogens (tertiary/aromatic N) is 5. The predicted octanol–water partition coefficient (Wildman–Crippen LogP) is 4.84. The SMILES string of the molecule is COc1cccc(OC)c1-n1c(-c2ccc(C)o2)nnc1N(CC[Si](C)(C)C)S(=O)(=O)[C@H](C)[C@H](O)c1ccccn1. The Bertz CT molecular complexity index is 1560. The normalized spacial score (nSPS) is 13.6. The van der Waals surface area contributed by atoms with Crippen LogP contribution in [0.2, 0.25) is 25.7 Å². The molecule has 3 heterocycles. The number of pyridine rings is 1. The van der Waals surface area contributed by atoms with Gasteiger partial charge in [0.2, 0.25) is 21.8 Å². The Kier molecular flexibility index (Phi) is 8.90. The summed E-state index contributed by atoms with van der Waals surface area (Å²) in [7, 11) is -2.94. The molecule has 4 rings (SSSR count). The van der Waals surface area contributed by atoms with Crippen LogP contribution < -0.4 is 13.8 Å². The Morgan fingerprint density at radius 2 is 1.71 bits per heavy atom. The first-order valence-corrected chi connectivity index (χ1v) is 18.4. The van der Waals surface area contributed by atoms with Gasteiger partial charge < -0.3 is 19.0 Å². The Morgan fingerprint density at radius 1 is 1.02 bits per heavy atom. The number of hydrogen-bond donors (Lipinski definition) is 1. The minimum absolute atomic E-state index is 0.0233. The summed E-state index contributed by atoms with van der Waals surface area (Å²) in [5.41, 5.74) is 0.668. The first-order chi connectivity index (χ1) is 19.4. The van der Waals surface area contributed by atoms with Crippen LogP contribution >= 0.6 is 0 Å². The zero-order valence-corrected chi connectivity index (χ0v) is 26.2. The molecule has 0 aliphatic rings. The lowest BCUT2D eigenvalue weighted by molar-refractivity contribution is 0.171. The predicted molar refractivity (Wildman–Crippen MR) is 160 cm³/mol. The number of aliphatic hydroxyl groups excluding tert-OH is 1. The van der Waals surface area contributed by atoms with Crippen molar-refractivity contribution in [3.8, 4) is 28.8 Å². The van der Waals surface area contributed by atoms with E-state index in [1.165, 1.54) is 31.6 Å². The first-order valence-electron chi connectivity index (χ1n) is 13.2. The van der Waals surface area contributed by atoms with Crippen LogP contribution in [0.3, 0.4) is 0 Å². The van der Waals surface area contributed by atoms with Crippen LogP contribution in [0.4, 0.5) is 5.95 Å². The van der Waals surface area contributed by atoms with Crippen molar-refractivity contribution in [2.24, 2.45) is 0 Å². The van der Waals surface area contributed by atoms with Crippen molar-refractivity contribution in [1.29, 1.82) is 0 Å². The summed E-state index contributed by atoms with van der Waals surface area (Å²) >= 11 is 0. The van der Waals surface area contributed by atoms with Gasteiger partial charge in [0.1, 0.15) is 34.3 Å². The fourth-order valence-electron chi connectivity index (χ4n) is 4.34. The van der Waals surface area contributed by atoms with E-state index in [4.69, 9.17) is 13.9 Å². The largest absolute Gasteiger partial charge is 0.494 e. The fraction of sp³-hybridized carbons (Fsp3) is 0.393. The van der Waals surface area contributed by atoms with Crippen molar-refractivity contribution in [3.05, 3.63) is 66.2 Å². The van der Waals surface area contributed by atoms with Gasteiger partial charge in [-0.05, 0) is 56.3 Å². The molecule has 0 radical (unpaired) electrons. The maximum Gasteiger partial charge on any atom is 0.246 e. The summed E-state index contributed by atoms with van der Waals surface area (Å²) in [6.45, 7) is 9.89. The van der Waals surface area contributed by atoms with E-state index >= 15 is 0 Å². The Balaban J connectivity index is 1.97. The highest BCUT2D eigenvalue weighted by Crippen LogP contribution is 2.40. The number of para-hydroxylation sites is 1. The number of anilines is 1. The summed E-state index contributed by atoms with van der Waals surface area (Å²) in [4.78, 5) is 4.18. The Hall–Kier alpha value is -3.68. The van der Waals surface area contributed by atoms with Crippen LogP contribution in [0, 0.1) is 6.92 Å². The lowest BCUT2D eigenvalue weighted by Crippen LogP contribution is -2.44.